The highest BCUT2D eigenvalue weighted by Gasteiger charge is 2.19. The molecule has 4 rings (SSSR count). The van der Waals surface area contributed by atoms with Gasteiger partial charge in [-0.2, -0.15) is 0 Å². The zero-order valence-corrected chi connectivity index (χ0v) is 22.0. The van der Waals surface area contributed by atoms with E-state index in [9.17, 15) is 5.11 Å². The molecular formula is C26H23BrCl3N2O2+. The number of halogens is 4. The van der Waals surface area contributed by atoms with Crippen LogP contribution in [0.5, 0.6) is 0 Å². The van der Waals surface area contributed by atoms with Crippen LogP contribution >= 0.6 is 50.7 Å². The number of benzene rings is 3. The Morgan fingerprint density at radius 3 is 2.29 bits per heavy atom. The van der Waals surface area contributed by atoms with Crippen molar-refractivity contribution >= 4 is 50.7 Å². The van der Waals surface area contributed by atoms with Gasteiger partial charge in [-0.05, 0) is 53.1 Å². The summed E-state index contributed by atoms with van der Waals surface area (Å²) in [4.78, 5) is 0. The second-order valence-electron chi connectivity index (χ2n) is 7.96. The van der Waals surface area contributed by atoms with Gasteiger partial charge in [0, 0.05) is 19.5 Å². The summed E-state index contributed by atoms with van der Waals surface area (Å²) >= 11 is 21.9. The first-order valence-corrected chi connectivity index (χ1v) is 12.6. The van der Waals surface area contributed by atoms with Crippen LogP contribution in [0.4, 0.5) is 0 Å². The summed E-state index contributed by atoms with van der Waals surface area (Å²) in [6.07, 6.45) is 5.03. The fraction of sp³-hybridized carbons (Fsp3) is 0.192. The molecular weight excluding hydrogens is 559 g/mol. The predicted octanol–water partition coefficient (Wildman–Crippen LogP) is 7.19. The van der Waals surface area contributed by atoms with Crippen molar-refractivity contribution in [1.29, 1.82) is 0 Å². The van der Waals surface area contributed by atoms with Crippen molar-refractivity contribution in [2.75, 3.05) is 0 Å². The molecule has 0 saturated heterocycles. The summed E-state index contributed by atoms with van der Waals surface area (Å²) in [7, 11) is 0. The van der Waals surface area contributed by atoms with E-state index < -0.39 is 6.10 Å². The van der Waals surface area contributed by atoms with E-state index in [1.807, 2.05) is 82.5 Å². The molecule has 0 saturated carbocycles. The van der Waals surface area contributed by atoms with Gasteiger partial charge in [-0.15, -0.1) is 0 Å². The van der Waals surface area contributed by atoms with Gasteiger partial charge >= 0.3 is 0 Å². The molecule has 0 fully saturated rings. The number of hydrogen-bond donors (Lipinski definition) is 1. The topological polar surface area (TPSA) is 38.3 Å². The van der Waals surface area contributed by atoms with E-state index in [0.29, 0.717) is 34.8 Å². The molecule has 3 aromatic carbocycles. The van der Waals surface area contributed by atoms with E-state index in [0.717, 1.165) is 21.2 Å². The highest BCUT2D eigenvalue weighted by Crippen LogP contribution is 2.27. The maximum Gasteiger partial charge on any atom is 0.243 e. The Hall–Kier alpha value is -1.86. The van der Waals surface area contributed by atoms with E-state index >= 15 is 0 Å². The Bertz CT molecular complexity index is 1230. The van der Waals surface area contributed by atoms with Gasteiger partial charge in [0.05, 0.1) is 6.61 Å². The van der Waals surface area contributed by atoms with Gasteiger partial charge in [0.2, 0.25) is 6.33 Å². The number of aliphatic hydroxyl groups excluding tert-OH is 1. The summed E-state index contributed by atoms with van der Waals surface area (Å²) in [5.41, 5.74) is 2.74. The van der Waals surface area contributed by atoms with Crippen molar-refractivity contribution in [3.05, 3.63) is 122 Å². The zero-order valence-electron chi connectivity index (χ0n) is 18.1. The number of rotatable bonds is 9. The normalized spacial score (nSPS) is 13.1. The molecule has 0 spiro atoms. The Morgan fingerprint density at radius 2 is 1.59 bits per heavy atom. The number of imidazole rings is 1. The molecule has 0 radical (unpaired) electrons. The number of ether oxygens (including phenoxy) is 1. The number of aromatic nitrogens is 2. The highest BCUT2D eigenvalue weighted by atomic mass is 79.9. The first-order chi connectivity index (χ1) is 16.4. The molecule has 1 heterocycles. The van der Waals surface area contributed by atoms with E-state index in [1.165, 1.54) is 0 Å². The lowest BCUT2D eigenvalue weighted by Crippen LogP contribution is -2.34. The molecule has 0 amide bonds. The van der Waals surface area contributed by atoms with Crippen LogP contribution < -0.4 is 4.57 Å². The quantitative estimate of drug-likeness (QED) is 0.213. The third kappa shape index (κ3) is 6.85. The molecule has 0 aliphatic heterocycles. The van der Waals surface area contributed by atoms with Crippen LogP contribution in [0.25, 0.3) is 0 Å². The Morgan fingerprint density at radius 1 is 0.912 bits per heavy atom. The highest BCUT2D eigenvalue weighted by molar-refractivity contribution is 9.10. The molecule has 0 aliphatic carbocycles. The van der Waals surface area contributed by atoms with Crippen LogP contribution in [0.1, 0.15) is 28.9 Å². The van der Waals surface area contributed by atoms with Crippen LogP contribution in [0, 0.1) is 0 Å². The summed E-state index contributed by atoms with van der Waals surface area (Å²) < 4.78 is 11.3. The number of hydrogen-bond acceptors (Lipinski definition) is 2. The van der Waals surface area contributed by atoms with Gasteiger partial charge in [0.25, 0.3) is 0 Å². The van der Waals surface area contributed by atoms with Crippen molar-refractivity contribution < 1.29 is 14.4 Å². The molecule has 4 aromatic rings. The summed E-state index contributed by atoms with van der Waals surface area (Å²) in [5, 5.41) is 12.4. The average Bonchev–Trinajstić information content (AvgIpc) is 3.25. The van der Waals surface area contributed by atoms with Crippen LogP contribution in [0.3, 0.4) is 0 Å². The van der Waals surface area contributed by atoms with Crippen molar-refractivity contribution in [3.8, 4) is 0 Å². The van der Waals surface area contributed by atoms with Gasteiger partial charge in [-0.25, -0.2) is 9.13 Å². The Kier molecular flexibility index (Phi) is 8.70. The molecule has 2 unspecified atom stereocenters. The second-order valence-corrected chi connectivity index (χ2v) is 10.2. The third-order valence-corrected chi connectivity index (χ3v) is 6.83. The lowest BCUT2D eigenvalue weighted by Gasteiger charge is -2.17. The fourth-order valence-electron chi connectivity index (χ4n) is 3.60. The number of aliphatic hydroxyl groups is 1. The van der Waals surface area contributed by atoms with Crippen molar-refractivity contribution in [1.82, 2.24) is 4.57 Å². The van der Waals surface area contributed by atoms with Gasteiger partial charge in [-0.1, -0.05) is 81.1 Å². The van der Waals surface area contributed by atoms with Gasteiger partial charge in [0.15, 0.2) is 0 Å². The molecule has 34 heavy (non-hydrogen) atoms. The monoisotopic (exact) mass is 579 g/mol. The minimum absolute atomic E-state index is 0.235. The van der Waals surface area contributed by atoms with Crippen molar-refractivity contribution in [3.63, 3.8) is 0 Å². The van der Waals surface area contributed by atoms with E-state index in [-0.39, 0.29) is 6.10 Å². The standard InChI is InChI=1S/C26H23BrCl3N2O2/c27-21-6-1-18(2-7-21)25(33)14-31-11-12-32(17-31)15-26(19-3-8-22(28)9-4-19)34-16-20-5-10-23(29)13-24(20)30/h1-13,17,25-26,33H,14-16H2/q+1. The predicted molar refractivity (Wildman–Crippen MR) is 139 cm³/mol. The molecule has 4 nitrogen and oxygen atoms in total. The molecule has 0 aliphatic rings. The largest absolute Gasteiger partial charge is 0.384 e. The second kappa shape index (κ2) is 11.7. The summed E-state index contributed by atoms with van der Waals surface area (Å²) in [6, 6.07) is 20.7. The van der Waals surface area contributed by atoms with E-state index in [4.69, 9.17) is 39.5 Å². The maximum absolute atomic E-state index is 10.6. The number of nitrogens with zero attached hydrogens (tertiary/aromatic N) is 2. The summed E-state index contributed by atoms with van der Waals surface area (Å²) in [5.74, 6) is 0. The van der Waals surface area contributed by atoms with Crippen LogP contribution in [-0.4, -0.2) is 9.67 Å². The first kappa shape index (κ1) is 25.2. The van der Waals surface area contributed by atoms with Gasteiger partial charge < -0.3 is 9.84 Å². The fourth-order valence-corrected chi connectivity index (χ4v) is 4.45. The molecule has 1 N–H and O–H groups in total. The van der Waals surface area contributed by atoms with Crippen molar-refractivity contribution in [2.45, 2.75) is 31.9 Å². The molecule has 176 valence electrons. The molecule has 8 heteroatoms. The van der Waals surface area contributed by atoms with Crippen LogP contribution in [0.15, 0.2) is 89.9 Å². The van der Waals surface area contributed by atoms with Crippen LogP contribution in [-0.2, 0) is 24.4 Å². The average molecular weight is 582 g/mol. The van der Waals surface area contributed by atoms with E-state index in [1.54, 1.807) is 12.1 Å². The minimum atomic E-state index is -0.607. The zero-order chi connectivity index (χ0) is 24.1. The lowest BCUT2D eigenvalue weighted by atomic mass is 10.1. The summed E-state index contributed by atoms with van der Waals surface area (Å²) in [6.45, 7) is 1.36. The Labute approximate surface area is 222 Å². The van der Waals surface area contributed by atoms with E-state index in [2.05, 4.69) is 15.9 Å². The lowest BCUT2D eigenvalue weighted by molar-refractivity contribution is -0.704. The SMILES string of the molecule is OC(C[n+]1ccn(CC(OCc2ccc(Cl)cc2Cl)c2ccc(Cl)cc2)c1)c1ccc(Br)cc1. The molecule has 1 aromatic heterocycles. The maximum atomic E-state index is 10.6. The van der Waals surface area contributed by atoms with Crippen LogP contribution in [0.2, 0.25) is 15.1 Å². The molecule has 2 atom stereocenters. The Balaban J connectivity index is 1.47. The van der Waals surface area contributed by atoms with Crippen molar-refractivity contribution in [2.24, 2.45) is 0 Å². The first-order valence-electron chi connectivity index (χ1n) is 10.7. The van der Waals surface area contributed by atoms with Gasteiger partial charge in [-0.3, -0.25) is 0 Å². The molecule has 0 bridgehead atoms. The smallest absolute Gasteiger partial charge is 0.243 e. The van der Waals surface area contributed by atoms with Gasteiger partial charge in [0.1, 0.15) is 37.7 Å². The third-order valence-electron chi connectivity index (χ3n) is 5.46. The minimum Gasteiger partial charge on any atom is -0.384 e.